The van der Waals surface area contributed by atoms with Crippen LogP contribution in [0.4, 0.5) is 0 Å². The van der Waals surface area contributed by atoms with Gasteiger partial charge in [-0.05, 0) is 33.0 Å². The number of nitrogens with zero attached hydrogens (tertiary/aromatic N) is 1. The Morgan fingerprint density at radius 3 is 2.42 bits per heavy atom. The Kier molecular flexibility index (Phi) is 6.41. The van der Waals surface area contributed by atoms with E-state index in [1.54, 1.807) is 0 Å². The molecule has 0 aromatic heterocycles. The molecular formula is C8H15Br2NO. The summed E-state index contributed by atoms with van der Waals surface area (Å²) in [5.41, 5.74) is 0. The molecule has 0 saturated carbocycles. The SMILES string of the molecule is Br.CN1CCC(C(=O)CBr)CC1. The van der Waals surface area contributed by atoms with E-state index in [4.69, 9.17) is 0 Å². The van der Waals surface area contributed by atoms with Gasteiger partial charge in [0, 0.05) is 5.92 Å². The molecule has 1 heterocycles. The number of ketones is 1. The van der Waals surface area contributed by atoms with Crippen LogP contribution in [0.3, 0.4) is 0 Å². The van der Waals surface area contributed by atoms with Crippen molar-refractivity contribution in [3.8, 4) is 0 Å². The topological polar surface area (TPSA) is 20.3 Å². The first kappa shape index (κ1) is 12.6. The average Bonchev–Trinajstić information content (AvgIpc) is 2.05. The third kappa shape index (κ3) is 3.54. The lowest BCUT2D eigenvalue weighted by Gasteiger charge is -2.27. The molecule has 0 aromatic carbocycles. The maximum atomic E-state index is 11.2. The number of carbonyl (C=O) groups excluding carboxylic acids is 1. The minimum Gasteiger partial charge on any atom is -0.306 e. The quantitative estimate of drug-likeness (QED) is 0.726. The molecule has 0 bridgehead atoms. The molecule has 12 heavy (non-hydrogen) atoms. The van der Waals surface area contributed by atoms with Gasteiger partial charge in [-0.3, -0.25) is 4.79 Å². The second-order valence-corrected chi connectivity index (χ2v) is 3.74. The number of halogens is 2. The van der Waals surface area contributed by atoms with Crippen molar-refractivity contribution in [2.45, 2.75) is 12.8 Å². The van der Waals surface area contributed by atoms with Crippen molar-refractivity contribution in [2.24, 2.45) is 5.92 Å². The van der Waals surface area contributed by atoms with Crippen LogP contribution in [0.1, 0.15) is 12.8 Å². The summed E-state index contributed by atoms with van der Waals surface area (Å²) in [6.07, 6.45) is 2.09. The van der Waals surface area contributed by atoms with Crippen molar-refractivity contribution in [3.63, 3.8) is 0 Å². The monoisotopic (exact) mass is 299 g/mol. The molecular weight excluding hydrogens is 286 g/mol. The van der Waals surface area contributed by atoms with Gasteiger partial charge in [0.25, 0.3) is 0 Å². The lowest BCUT2D eigenvalue weighted by molar-refractivity contribution is -0.121. The lowest BCUT2D eigenvalue weighted by Crippen LogP contribution is -2.33. The molecule has 0 aliphatic carbocycles. The van der Waals surface area contributed by atoms with Gasteiger partial charge in [0.05, 0.1) is 5.33 Å². The largest absolute Gasteiger partial charge is 0.306 e. The second-order valence-electron chi connectivity index (χ2n) is 3.18. The fourth-order valence-corrected chi connectivity index (χ4v) is 1.90. The van der Waals surface area contributed by atoms with Gasteiger partial charge in [-0.25, -0.2) is 0 Å². The molecule has 4 heteroatoms. The van der Waals surface area contributed by atoms with Crippen LogP contribution in [-0.2, 0) is 4.79 Å². The maximum Gasteiger partial charge on any atom is 0.146 e. The van der Waals surface area contributed by atoms with E-state index >= 15 is 0 Å². The summed E-state index contributed by atoms with van der Waals surface area (Å²) in [5.74, 6) is 0.698. The van der Waals surface area contributed by atoms with Gasteiger partial charge in [0.2, 0.25) is 0 Å². The van der Waals surface area contributed by atoms with Crippen LogP contribution in [0.15, 0.2) is 0 Å². The molecule has 1 saturated heterocycles. The molecule has 0 radical (unpaired) electrons. The van der Waals surface area contributed by atoms with Gasteiger partial charge in [-0.1, -0.05) is 15.9 Å². The van der Waals surface area contributed by atoms with Gasteiger partial charge >= 0.3 is 0 Å². The number of hydrogen-bond donors (Lipinski definition) is 0. The first-order chi connectivity index (χ1) is 5.24. The number of likely N-dealkylation sites (tertiary alicyclic amines) is 1. The fraction of sp³-hybridized carbons (Fsp3) is 0.875. The van der Waals surface area contributed by atoms with E-state index in [9.17, 15) is 4.79 Å². The summed E-state index contributed by atoms with van der Waals surface area (Å²) in [7, 11) is 2.11. The van der Waals surface area contributed by atoms with Crippen LogP contribution in [0.2, 0.25) is 0 Å². The molecule has 0 N–H and O–H groups in total. The zero-order valence-electron chi connectivity index (χ0n) is 7.25. The molecule has 1 aliphatic rings. The van der Waals surface area contributed by atoms with Crippen molar-refractivity contribution in [2.75, 3.05) is 25.5 Å². The number of rotatable bonds is 2. The fourth-order valence-electron chi connectivity index (χ4n) is 1.44. The van der Waals surface area contributed by atoms with E-state index in [0.29, 0.717) is 17.0 Å². The molecule has 2 nitrogen and oxygen atoms in total. The van der Waals surface area contributed by atoms with Crippen molar-refractivity contribution < 1.29 is 4.79 Å². The molecule has 0 atom stereocenters. The van der Waals surface area contributed by atoms with E-state index < -0.39 is 0 Å². The van der Waals surface area contributed by atoms with Crippen molar-refractivity contribution >= 4 is 38.7 Å². The van der Waals surface area contributed by atoms with E-state index in [0.717, 1.165) is 25.9 Å². The number of piperidine rings is 1. The third-order valence-corrected chi connectivity index (χ3v) is 2.86. The molecule has 1 rings (SSSR count). The average molecular weight is 301 g/mol. The predicted molar refractivity (Wildman–Crippen MR) is 59.3 cm³/mol. The molecule has 0 unspecified atom stereocenters. The second kappa shape index (κ2) is 6.11. The standard InChI is InChI=1S/C8H14BrNO.BrH/c1-10-4-2-7(3-5-10)8(11)6-9;/h7H,2-6H2,1H3;1H. The zero-order valence-corrected chi connectivity index (χ0v) is 10.6. The van der Waals surface area contributed by atoms with Crippen LogP contribution < -0.4 is 0 Å². The molecule has 1 fully saturated rings. The summed E-state index contributed by atoms with van der Waals surface area (Å²) in [4.78, 5) is 13.5. The highest BCUT2D eigenvalue weighted by Gasteiger charge is 2.21. The van der Waals surface area contributed by atoms with Crippen molar-refractivity contribution in [1.29, 1.82) is 0 Å². The predicted octanol–water partition coefficient (Wildman–Crippen LogP) is 1.87. The number of hydrogen-bond acceptors (Lipinski definition) is 2. The normalized spacial score (nSPS) is 20.2. The van der Waals surface area contributed by atoms with Crippen LogP contribution >= 0.6 is 32.9 Å². The Morgan fingerprint density at radius 2 is 2.00 bits per heavy atom. The summed E-state index contributed by atoms with van der Waals surface area (Å²) in [6, 6.07) is 0. The van der Waals surface area contributed by atoms with Gasteiger partial charge in [-0.15, -0.1) is 17.0 Å². The van der Waals surface area contributed by atoms with Crippen LogP contribution in [0.25, 0.3) is 0 Å². The minimum atomic E-state index is 0. The van der Waals surface area contributed by atoms with E-state index in [2.05, 4.69) is 27.9 Å². The summed E-state index contributed by atoms with van der Waals surface area (Å²) in [6.45, 7) is 2.15. The summed E-state index contributed by atoms with van der Waals surface area (Å²) >= 11 is 3.20. The van der Waals surface area contributed by atoms with Crippen LogP contribution in [0, 0.1) is 5.92 Å². The highest BCUT2D eigenvalue weighted by Crippen LogP contribution is 2.17. The number of Topliss-reactive ketones (excluding diaryl/α,β-unsaturated/α-hetero) is 1. The number of alkyl halides is 1. The van der Waals surface area contributed by atoms with Gasteiger partial charge in [0.1, 0.15) is 5.78 Å². The van der Waals surface area contributed by atoms with Crippen LogP contribution in [0.5, 0.6) is 0 Å². The maximum absolute atomic E-state index is 11.2. The van der Waals surface area contributed by atoms with Crippen LogP contribution in [-0.4, -0.2) is 36.2 Å². The third-order valence-electron chi connectivity index (χ3n) is 2.31. The van der Waals surface area contributed by atoms with Crippen molar-refractivity contribution in [1.82, 2.24) is 4.90 Å². The zero-order chi connectivity index (χ0) is 8.27. The molecule has 0 amide bonds. The Bertz CT molecular complexity index is 144. The molecule has 72 valence electrons. The highest BCUT2D eigenvalue weighted by molar-refractivity contribution is 9.09. The van der Waals surface area contributed by atoms with E-state index in [1.165, 1.54) is 0 Å². The Hall–Kier alpha value is 0.590. The lowest BCUT2D eigenvalue weighted by atomic mass is 9.94. The Balaban J connectivity index is 0.00000121. The van der Waals surface area contributed by atoms with Gasteiger partial charge in [-0.2, -0.15) is 0 Å². The molecule has 1 aliphatic heterocycles. The van der Waals surface area contributed by atoms with Crippen molar-refractivity contribution in [3.05, 3.63) is 0 Å². The summed E-state index contributed by atoms with van der Waals surface area (Å²) in [5, 5.41) is 0.529. The Labute approximate surface area is 92.6 Å². The first-order valence-corrected chi connectivity index (χ1v) is 5.13. The highest BCUT2D eigenvalue weighted by atomic mass is 79.9. The number of carbonyl (C=O) groups is 1. The molecule has 0 spiro atoms. The van der Waals surface area contributed by atoms with Gasteiger partial charge in [0.15, 0.2) is 0 Å². The first-order valence-electron chi connectivity index (χ1n) is 4.01. The minimum absolute atomic E-state index is 0. The smallest absolute Gasteiger partial charge is 0.146 e. The van der Waals surface area contributed by atoms with E-state index in [-0.39, 0.29) is 17.0 Å². The molecule has 0 aromatic rings. The van der Waals surface area contributed by atoms with E-state index in [1.807, 2.05) is 0 Å². The summed E-state index contributed by atoms with van der Waals surface area (Å²) < 4.78 is 0. The van der Waals surface area contributed by atoms with Gasteiger partial charge < -0.3 is 4.90 Å². The Morgan fingerprint density at radius 1 is 1.50 bits per heavy atom.